The number of fused-ring (bicyclic) bond motifs is 1. The Labute approximate surface area is 98.0 Å². The third-order valence-electron chi connectivity index (χ3n) is 2.70. The number of nitrogens with zero attached hydrogens (tertiary/aromatic N) is 4. The number of hydrogen-bond acceptors (Lipinski definition) is 4. The number of aryl methyl sites for hydroxylation is 1. The summed E-state index contributed by atoms with van der Waals surface area (Å²) >= 11 is 0. The standard InChI is InChI=1S/C12H12N4O/c1-6(2)10-7(3)9(5-13)12(17)16-11(10)14-8(4)15-16/h1-4H3. The second kappa shape index (κ2) is 3.67. The SMILES string of the molecule is CC(C)=c1c(C)c(C#N)c(=O)n2nc(C)nc12. The summed E-state index contributed by atoms with van der Waals surface area (Å²) in [6, 6.07) is 1.95. The highest BCUT2D eigenvalue weighted by Gasteiger charge is 2.14. The molecular weight excluding hydrogens is 216 g/mol. The number of aromatic nitrogens is 3. The van der Waals surface area contributed by atoms with Crippen LogP contribution >= 0.6 is 0 Å². The van der Waals surface area contributed by atoms with E-state index >= 15 is 0 Å². The van der Waals surface area contributed by atoms with Crippen molar-refractivity contribution in [1.82, 2.24) is 14.6 Å². The third kappa shape index (κ3) is 1.49. The largest absolute Gasteiger partial charge is 0.291 e. The van der Waals surface area contributed by atoms with Gasteiger partial charge in [0.15, 0.2) is 5.65 Å². The van der Waals surface area contributed by atoms with Gasteiger partial charge in [-0.05, 0) is 33.3 Å². The molecule has 2 rings (SSSR count). The number of hydrogen-bond donors (Lipinski definition) is 0. The lowest BCUT2D eigenvalue weighted by atomic mass is 10.1. The molecular formula is C12H12N4O. The molecule has 17 heavy (non-hydrogen) atoms. The molecule has 0 spiro atoms. The first-order chi connectivity index (χ1) is 7.97. The first kappa shape index (κ1) is 11.3. The van der Waals surface area contributed by atoms with Crippen LogP contribution in [0.4, 0.5) is 0 Å². The molecule has 0 saturated carbocycles. The van der Waals surface area contributed by atoms with Gasteiger partial charge in [-0.1, -0.05) is 5.57 Å². The fourth-order valence-electron chi connectivity index (χ4n) is 2.01. The number of pyridine rings is 1. The van der Waals surface area contributed by atoms with E-state index in [4.69, 9.17) is 5.26 Å². The van der Waals surface area contributed by atoms with E-state index in [-0.39, 0.29) is 5.56 Å². The Hall–Kier alpha value is -2.22. The van der Waals surface area contributed by atoms with Crippen LogP contribution in [-0.4, -0.2) is 14.6 Å². The summed E-state index contributed by atoms with van der Waals surface area (Å²) < 4.78 is 1.21. The molecule has 0 fully saturated rings. The number of rotatable bonds is 0. The molecule has 0 aliphatic rings. The first-order valence-electron chi connectivity index (χ1n) is 5.25. The highest BCUT2D eigenvalue weighted by atomic mass is 16.1. The predicted octanol–water partition coefficient (Wildman–Crippen LogP) is 0.487. The van der Waals surface area contributed by atoms with Crippen LogP contribution in [0.2, 0.25) is 0 Å². The van der Waals surface area contributed by atoms with Crippen molar-refractivity contribution in [3.63, 3.8) is 0 Å². The minimum atomic E-state index is -0.398. The molecule has 0 N–H and O–H groups in total. The summed E-state index contributed by atoms with van der Waals surface area (Å²) in [7, 11) is 0. The molecule has 0 radical (unpaired) electrons. The maximum Gasteiger partial charge on any atom is 0.291 e. The zero-order chi connectivity index (χ0) is 12.7. The number of nitriles is 1. The second-order valence-electron chi connectivity index (χ2n) is 4.19. The smallest absolute Gasteiger partial charge is 0.266 e. The van der Waals surface area contributed by atoms with Crippen molar-refractivity contribution in [2.24, 2.45) is 0 Å². The van der Waals surface area contributed by atoms with Gasteiger partial charge in [-0.2, -0.15) is 9.78 Å². The van der Waals surface area contributed by atoms with Crippen LogP contribution in [0.5, 0.6) is 0 Å². The summed E-state index contributed by atoms with van der Waals surface area (Å²) in [5.74, 6) is 0.527. The summed E-state index contributed by atoms with van der Waals surface area (Å²) in [6.45, 7) is 7.35. The molecule has 5 nitrogen and oxygen atoms in total. The Bertz CT molecular complexity index is 761. The van der Waals surface area contributed by atoms with Crippen molar-refractivity contribution in [2.45, 2.75) is 27.7 Å². The molecule has 2 aromatic heterocycles. The average Bonchev–Trinajstić information content (AvgIpc) is 2.60. The van der Waals surface area contributed by atoms with E-state index in [2.05, 4.69) is 10.1 Å². The molecule has 0 bridgehead atoms. The van der Waals surface area contributed by atoms with E-state index in [1.165, 1.54) is 4.52 Å². The minimum absolute atomic E-state index is 0.138. The van der Waals surface area contributed by atoms with Gasteiger partial charge < -0.3 is 0 Å². The van der Waals surface area contributed by atoms with Crippen molar-refractivity contribution in [3.8, 4) is 6.07 Å². The topological polar surface area (TPSA) is 71.0 Å². The van der Waals surface area contributed by atoms with Crippen LogP contribution in [0.15, 0.2) is 4.79 Å². The van der Waals surface area contributed by atoms with Crippen LogP contribution in [0.3, 0.4) is 0 Å². The molecule has 0 aliphatic carbocycles. The van der Waals surface area contributed by atoms with Gasteiger partial charge in [0.1, 0.15) is 17.5 Å². The second-order valence-corrected chi connectivity index (χ2v) is 4.19. The summed E-state index contributed by atoms with van der Waals surface area (Å²) in [4.78, 5) is 16.3. The molecule has 5 heteroatoms. The summed E-state index contributed by atoms with van der Waals surface area (Å²) in [5, 5.41) is 13.9. The van der Waals surface area contributed by atoms with E-state index in [0.29, 0.717) is 17.0 Å². The Balaban J connectivity index is 3.26. The average molecular weight is 228 g/mol. The first-order valence-corrected chi connectivity index (χ1v) is 5.25. The van der Waals surface area contributed by atoms with Gasteiger partial charge in [0.05, 0.1) is 0 Å². The van der Waals surface area contributed by atoms with Crippen molar-refractivity contribution in [3.05, 3.63) is 32.5 Å². The van der Waals surface area contributed by atoms with E-state index in [0.717, 1.165) is 10.8 Å². The lowest BCUT2D eigenvalue weighted by Crippen LogP contribution is -2.27. The van der Waals surface area contributed by atoms with Crippen molar-refractivity contribution < 1.29 is 0 Å². The molecule has 0 aromatic carbocycles. The van der Waals surface area contributed by atoms with Gasteiger partial charge in [-0.15, -0.1) is 5.10 Å². The van der Waals surface area contributed by atoms with Crippen LogP contribution in [-0.2, 0) is 0 Å². The van der Waals surface area contributed by atoms with E-state index in [1.54, 1.807) is 13.8 Å². The third-order valence-corrected chi connectivity index (χ3v) is 2.70. The van der Waals surface area contributed by atoms with Crippen molar-refractivity contribution in [2.75, 3.05) is 0 Å². The maximum absolute atomic E-state index is 12.0. The lowest BCUT2D eigenvalue weighted by Gasteiger charge is -2.01. The van der Waals surface area contributed by atoms with Gasteiger partial charge in [0, 0.05) is 5.22 Å². The van der Waals surface area contributed by atoms with Crippen molar-refractivity contribution >= 4 is 11.2 Å². The Morgan fingerprint density at radius 1 is 1.35 bits per heavy atom. The monoisotopic (exact) mass is 228 g/mol. The molecule has 0 unspecified atom stereocenters. The quantitative estimate of drug-likeness (QED) is 0.657. The van der Waals surface area contributed by atoms with E-state index in [9.17, 15) is 4.79 Å². The van der Waals surface area contributed by atoms with E-state index in [1.807, 2.05) is 19.9 Å². The molecule has 86 valence electrons. The Morgan fingerprint density at radius 3 is 2.53 bits per heavy atom. The fourth-order valence-corrected chi connectivity index (χ4v) is 2.01. The zero-order valence-electron chi connectivity index (χ0n) is 10.2. The molecule has 2 aromatic rings. The van der Waals surface area contributed by atoms with Crippen LogP contribution < -0.4 is 10.8 Å². The van der Waals surface area contributed by atoms with Crippen molar-refractivity contribution in [1.29, 1.82) is 5.26 Å². The highest BCUT2D eigenvalue weighted by Crippen LogP contribution is 2.02. The maximum atomic E-state index is 12.0. The molecule has 0 amide bonds. The van der Waals surface area contributed by atoms with E-state index < -0.39 is 5.56 Å². The summed E-state index contributed by atoms with van der Waals surface area (Å²) in [5.41, 5.74) is 1.96. The summed E-state index contributed by atoms with van der Waals surface area (Å²) in [6.07, 6.45) is 0. The van der Waals surface area contributed by atoms with Gasteiger partial charge >= 0.3 is 0 Å². The normalized spacial score (nSPS) is 10.5. The van der Waals surface area contributed by atoms with Crippen LogP contribution in [0.1, 0.15) is 30.8 Å². The van der Waals surface area contributed by atoms with Gasteiger partial charge in [0.2, 0.25) is 0 Å². The fraction of sp³-hybridized carbons (Fsp3) is 0.333. The van der Waals surface area contributed by atoms with Crippen LogP contribution in [0, 0.1) is 25.2 Å². The van der Waals surface area contributed by atoms with Gasteiger partial charge in [-0.3, -0.25) is 4.79 Å². The lowest BCUT2D eigenvalue weighted by molar-refractivity contribution is 0.884. The minimum Gasteiger partial charge on any atom is -0.266 e. The molecule has 0 atom stereocenters. The molecule has 2 heterocycles. The highest BCUT2D eigenvalue weighted by molar-refractivity contribution is 5.58. The molecule has 0 saturated heterocycles. The predicted molar refractivity (Wildman–Crippen MR) is 63.4 cm³/mol. The van der Waals surface area contributed by atoms with Gasteiger partial charge in [0.25, 0.3) is 5.56 Å². The molecule has 0 aliphatic heterocycles. The van der Waals surface area contributed by atoms with Crippen LogP contribution in [0.25, 0.3) is 11.2 Å². The zero-order valence-corrected chi connectivity index (χ0v) is 10.2. The Morgan fingerprint density at radius 2 is 2.00 bits per heavy atom. The van der Waals surface area contributed by atoms with Gasteiger partial charge in [-0.25, -0.2) is 4.98 Å². The Kier molecular flexibility index (Phi) is 2.43.